The van der Waals surface area contributed by atoms with Crippen LogP contribution in [0.15, 0.2) is 24.3 Å². The summed E-state index contributed by atoms with van der Waals surface area (Å²) in [5.74, 6) is -0.509. The number of nitrogens with one attached hydrogen (secondary N) is 1. The molecule has 1 heterocycles. The molecule has 0 aliphatic carbocycles. The van der Waals surface area contributed by atoms with E-state index in [2.05, 4.69) is 5.32 Å². The molecule has 1 amide bonds. The Kier molecular flexibility index (Phi) is 4.21. The highest BCUT2D eigenvalue weighted by atomic mass is 32.2. The average molecular weight is 282 g/mol. The van der Waals surface area contributed by atoms with Gasteiger partial charge >= 0.3 is 0 Å². The molecule has 0 saturated carbocycles. The van der Waals surface area contributed by atoms with Gasteiger partial charge in [-0.15, -0.1) is 0 Å². The van der Waals surface area contributed by atoms with Crippen molar-refractivity contribution in [2.45, 2.75) is 19.5 Å². The Morgan fingerprint density at radius 3 is 2.58 bits per heavy atom. The number of carbonyl (C=O) groups excluding carboxylic acids is 1. The number of hydrogen-bond donors (Lipinski definition) is 2. The second-order valence-corrected chi connectivity index (χ2v) is 7.02. The maximum Gasteiger partial charge on any atom is 0.224 e. The van der Waals surface area contributed by atoms with E-state index in [0.29, 0.717) is 19.5 Å². The molecule has 1 unspecified atom stereocenters. The summed E-state index contributed by atoms with van der Waals surface area (Å²) in [7, 11) is -3.02. The molecule has 1 saturated heterocycles. The minimum Gasteiger partial charge on any atom is -0.352 e. The summed E-state index contributed by atoms with van der Waals surface area (Å²) in [6, 6.07) is 7.62. The Morgan fingerprint density at radius 1 is 1.32 bits per heavy atom. The first-order valence-corrected chi connectivity index (χ1v) is 8.09. The predicted molar refractivity (Wildman–Crippen MR) is 72.9 cm³/mol. The predicted octanol–water partition coefficient (Wildman–Crippen LogP) is 0.196. The van der Waals surface area contributed by atoms with E-state index in [9.17, 15) is 13.2 Å². The lowest BCUT2D eigenvalue weighted by molar-refractivity contribution is -0.124. The van der Waals surface area contributed by atoms with Crippen molar-refractivity contribution in [3.63, 3.8) is 0 Å². The van der Waals surface area contributed by atoms with Crippen LogP contribution < -0.4 is 11.1 Å². The maximum absolute atomic E-state index is 11.9. The van der Waals surface area contributed by atoms with Gasteiger partial charge in [0.05, 0.1) is 17.4 Å². The zero-order valence-electron chi connectivity index (χ0n) is 10.6. The minimum absolute atomic E-state index is 0.0304. The van der Waals surface area contributed by atoms with Gasteiger partial charge < -0.3 is 11.1 Å². The summed E-state index contributed by atoms with van der Waals surface area (Å²) < 4.78 is 22.6. The molecule has 0 spiro atoms. The van der Waals surface area contributed by atoms with E-state index in [4.69, 9.17) is 5.73 Å². The SMILES string of the molecule is NCc1ccccc1CNC(=O)C1CCS(=O)(=O)C1. The van der Waals surface area contributed by atoms with Gasteiger partial charge in [-0.05, 0) is 17.5 Å². The molecular formula is C13H18N2O3S. The zero-order valence-corrected chi connectivity index (χ0v) is 11.4. The molecule has 1 aromatic carbocycles. The Bertz CT molecular complexity index is 569. The van der Waals surface area contributed by atoms with Crippen LogP contribution in [0.3, 0.4) is 0 Å². The number of rotatable bonds is 4. The topological polar surface area (TPSA) is 89.3 Å². The molecule has 19 heavy (non-hydrogen) atoms. The molecule has 0 radical (unpaired) electrons. The van der Waals surface area contributed by atoms with Gasteiger partial charge in [-0.3, -0.25) is 4.79 Å². The van der Waals surface area contributed by atoms with Gasteiger partial charge in [-0.1, -0.05) is 24.3 Å². The summed E-state index contributed by atoms with van der Waals surface area (Å²) in [6.07, 6.45) is 0.423. The van der Waals surface area contributed by atoms with Crippen LogP contribution in [0.2, 0.25) is 0 Å². The fourth-order valence-corrected chi connectivity index (χ4v) is 4.00. The van der Waals surface area contributed by atoms with E-state index in [1.165, 1.54) is 0 Å². The first-order valence-electron chi connectivity index (χ1n) is 6.27. The number of amides is 1. The third-order valence-electron chi connectivity index (χ3n) is 3.39. The zero-order chi connectivity index (χ0) is 13.9. The van der Waals surface area contributed by atoms with Crippen LogP contribution >= 0.6 is 0 Å². The van der Waals surface area contributed by atoms with Crippen LogP contribution in [0, 0.1) is 5.92 Å². The second kappa shape index (κ2) is 5.71. The largest absolute Gasteiger partial charge is 0.352 e. The third kappa shape index (κ3) is 3.54. The van der Waals surface area contributed by atoms with Crippen molar-refractivity contribution in [3.8, 4) is 0 Å². The molecule has 1 atom stereocenters. The van der Waals surface area contributed by atoms with Crippen LogP contribution in [-0.2, 0) is 27.7 Å². The van der Waals surface area contributed by atoms with E-state index in [-0.39, 0.29) is 17.4 Å². The summed E-state index contributed by atoms with van der Waals surface area (Å²) in [5.41, 5.74) is 7.58. The standard InChI is InChI=1S/C13H18N2O3S/c14-7-10-3-1-2-4-11(10)8-15-13(16)12-5-6-19(17,18)9-12/h1-4,12H,5-9,14H2,(H,15,16). The van der Waals surface area contributed by atoms with E-state index in [0.717, 1.165) is 11.1 Å². The van der Waals surface area contributed by atoms with Crippen molar-refractivity contribution >= 4 is 15.7 Å². The van der Waals surface area contributed by atoms with Crippen LogP contribution in [0.25, 0.3) is 0 Å². The summed E-state index contributed by atoms with van der Waals surface area (Å²) in [5, 5.41) is 2.79. The van der Waals surface area contributed by atoms with E-state index >= 15 is 0 Å². The Morgan fingerprint density at radius 2 is 2.00 bits per heavy atom. The highest BCUT2D eigenvalue weighted by Crippen LogP contribution is 2.18. The molecule has 1 aromatic rings. The van der Waals surface area contributed by atoms with Gasteiger partial charge in [0.1, 0.15) is 0 Å². The van der Waals surface area contributed by atoms with Crippen LogP contribution in [-0.4, -0.2) is 25.8 Å². The normalized spacial score (nSPS) is 21.2. The number of nitrogens with two attached hydrogens (primary N) is 1. The summed E-state index contributed by atoms with van der Waals surface area (Å²) in [6.45, 7) is 0.812. The fraction of sp³-hybridized carbons (Fsp3) is 0.462. The van der Waals surface area contributed by atoms with Crippen molar-refractivity contribution in [2.24, 2.45) is 11.7 Å². The van der Waals surface area contributed by atoms with Crippen LogP contribution in [0.1, 0.15) is 17.5 Å². The van der Waals surface area contributed by atoms with Crippen molar-refractivity contribution in [1.29, 1.82) is 0 Å². The van der Waals surface area contributed by atoms with Gasteiger partial charge in [0.25, 0.3) is 0 Å². The van der Waals surface area contributed by atoms with E-state index in [1.54, 1.807) is 0 Å². The van der Waals surface area contributed by atoms with Gasteiger partial charge in [-0.25, -0.2) is 8.42 Å². The van der Waals surface area contributed by atoms with Gasteiger partial charge in [0, 0.05) is 13.1 Å². The third-order valence-corrected chi connectivity index (χ3v) is 5.16. The highest BCUT2D eigenvalue weighted by molar-refractivity contribution is 7.91. The molecule has 2 rings (SSSR count). The van der Waals surface area contributed by atoms with Crippen LogP contribution in [0.5, 0.6) is 0 Å². The molecular weight excluding hydrogens is 264 g/mol. The highest BCUT2D eigenvalue weighted by Gasteiger charge is 2.32. The monoisotopic (exact) mass is 282 g/mol. The molecule has 104 valence electrons. The summed E-state index contributed by atoms with van der Waals surface area (Å²) in [4.78, 5) is 11.9. The first kappa shape index (κ1) is 14.0. The lowest BCUT2D eigenvalue weighted by Gasteiger charge is -2.11. The Balaban J connectivity index is 1.94. The molecule has 5 nitrogen and oxygen atoms in total. The lowest BCUT2D eigenvalue weighted by Crippen LogP contribution is -2.31. The van der Waals surface area contributed by atoms with E-state index < -0.39 is 15.8 Å². The van der Waals surface area contributed by atoms with Crippen molar-refractivity contribution in [2.75, 3.05) is 11.5 Å². The first-order chi connectivity index (χ1) is 9.02. The molecule has 0 bridgehead atoms. The average Bonchev–Trinajstić information content (AvgIpc) is 2.76. The molecule has 1 aliphatic heterocycles. The second-order valence-electron chi connectivity index (χ2n) is 4.79. The number of carbonyl (C=O) groups is 1. The molecule has 1 aliphatic rings. The smallest absolute Gasteiger partial charge is 0.224 e. The molecule has 6 heteroatoms. The number of benzene rings is 1. The maximum atomic E-state index is 11.9. The quantitative estimate of drug-likeness (QED) is 0.825. The Labute approximate surface area is 113 Å². The molecule has 1 fully saturated rings. The van der Waals surface area contributed by atoms with Gasteiger partial charge in [-0.2, -0.15) is 0 Å². The van der Waals surface area contributed by atoms with Crippen molar-refractivity contribution in [3.05, 3.63) is 35.4 Å². The van der Waals surface area contributed by atoms with Gasteiger partial charge in [0.15, 0.2) is 9.84 Å². The van der Waals surface area contributed by atoms with Crippen molar-refractivity contribution < 1.29 is 13.2 Å². The number of sulfone groups is 1. The van der Waals surface area contributed by atoms with Crippen LogP contribution in [0.4, 0.5) is 0 Å². The van der Waals surface area contributed by atoms with Gasteiger partial charge in [0.2, 0.25) is 5.91 Å². The fourth-order valence-electron chi connectivity index (χ4n) is 2.26. The number of hydrogen-bond acceptors (Lipinski definition) is 4. The summed E-state index contributed by atoms with van der Waals surface area (Å²) >= 11 is 0. The molecule has 0 aromatic heterocycles. The van der Waals surface area contributed by atoms with E-state index in [1.807, 2.05) is 24.3 Å². The minimum atomic E-state index is -3.02. The molecule has 3 N–H and O–H groups in total. The lowest BCUT2D eigenvalue weighted by atomic mass is 10.1. The Hall–Kier alpha value is -1.40. The van der Waals surface area contributed by atoms with Crippen molar-refractivity contribution in [1.82, 2.24) is 5.32 Å².